The SMILES string of the molecule is N#Cc1cccc(S(=O)(=O)c2cnc3cc(Cl)ccc3c2-c2ccc(F)cc2)c1. The first-order valence-corrected chi connectivity index (χ1v) is 10.4. The number of fused-ring (bicyclic) bond motifs is 1. The highest BCUT2D eigenvalue weighted by molar-refractivity contribution is 7.91. The molecule has 0 aliphatic rings. The smallest absolute Gasteiger partial charge is 0.208 e. The highest BCUT2D eigenvalue weighted by Crippen LogP contribution is 2.37. The molecule has 0 amide bonds. The van der Waals surface area contributed by atoms with Crippen molar-refractivity contribution in [2.45, 2.75) is 9.79 Å². The van der Waals surface area contributed by atoms with Crippen LogP contribution in [0, 0.1) is 17.1 Å². The number of aromatic nitrogens is 1. The van der Waals surface area contributed by atoms with E-state index in [9.17, 15) is 12.8 Å². The Balaban J connectivity index is 2.06. The molecule has 4 nitrogen and oxygen atoms in total. The lowest BCUT2D eigenvalue weighted by atomic mass is 10.0. The van der Waals surface area contributed by atoms with Crippen LogP contribution in [0.15, 0.2) is 82.7 Å². The molecule has 4 rings (SSSR count). The van der Waals surface area contributed by atoms with Gasteiger partial charge < -0.3 is 0 Å². The van der Waals surface area contributed by atoms with Crippen LogP contribution in [0.3, 0.4) is 0 Å². The van der Waals surface area contributed by atoms with Gasteiger partial charge in [-0.15, -0.1) is 0 Å². The Hall–Kier alpha value is -3.27. The van der Waals surface area contributed by atoms with E-state index in [-0.39, 0.29) is 15.4 Å². The van der Waals surface area contributed by atoms with Crippen LogP contribution in [0.5, 0.6) is 0 Å². The van der Waals surface area contributed by atoms with E-state index in [1.54, 1.807) is 18.2 Å². The first-order chi connectivity index (χ1) is 13.9. The Labute approximate surface area is 171 Å². The zero-order chi connectivity index (χ0) is 20.6. The summed E-state index contributed by atoms with van der Waals surface area (Å²) in [6.07, 6.45) is 1.27. The molecule has 0 bridgehead atoms. The van der Waals surface area contributed by atoms with E-state index in [1.807, 2.05) is 6.07 Å². The highest BCUT2D eigenvalue weighted by Gasteiger charge is 2.25. The molecule has 0 spiro atoms. The molecular formula is C22H12ClFN2O2S. The van der Waals surface area contributed by atoms with Gasteiger partial charge in [-0.2, -0.15) is 5.26 Å². The Bertz CT molecular complexity index is 1400. The van der Waals surface area contributed by atoms with E-state index in [0.29, 0.717) is 27.1 Å². The maximum atomic E-state index is 13.5. The minimum Gasteiger partial charge on any atom is -0.255 e. The Morgan fingerprint density at radius 3 is 2.48 bits per heavy atom. The molecule has 7 heteroatoms. The monoisotopic (exact) mass is 422 g/mol. The van der Waals surface area contributed by atoms with Gasteiger partial charge in [0.1, 0.15) is 5.82 Å². The summed E-state index contributed by atoms with van der Waals surface area (Å²) in [6.45, 7) is 0. The average Bonchev–Trinajstić information content (AvgIpc) is 2.73. The van der Waals surface area contributed by atoms with Crippen molar-refractivity contribution in [2.24, 2.45) is 0 Å². The predicted molar refractivity (Wildman–Crippen MR) is 109 cm³/mol. The Morgan fingerprint density at radius 2 is 1.76 bits per heavy atom. The van der Waals surface area contributed by atoms with Gasteiger partial charge in [-0.3, -0.25) is 4.98 Å². The van der Waals surface area contributed by atoms with Crippen LogP contribution in [-0.2, 0) is 9.84 Å². The topological polar surface area (TPSA) is 70.8 Å². The number of halogens is 2. The fourth-order valence-corrected chi connectivity index (χ4v) is 4.77. The van der Waals surface area contributed by atoms with Crippen molar-refractivity contribution in [1.82, 2.24) is 4.98 Å². The molecule has 0 saturated heterocycles. The van der Waals surface area contributed by atoms with Crippen LogP contribution in [0.25, 0.3) is 22.0 Å². The molecular weight excluding hydrogens is 411 g/mol. The lowest BCUT2D eigenvalue weighted by Gasteiger charge is -2.14. The molecule has 1 aromatic heterocycles. The van der Waals surface area contributed by atoms with Gasteiger partial charge in [-0.05, 0) is 48.0 Å². The van der Waals surface area contributed by atoms with E-state index in [2.05, 4.69) is 4.98 Å². The number of hydrogen-bond donors (Lipinski definition) is 0. The molecule has 4 aromatic rings. The summed E-state index contributed by atoms with van der Waals surface area (Å²) in [5, 5.41) is 10.2. The zero-order valence-corrected chi connectivity index (χ0v) is 16.4. The van der Waals surface area contributed by atoms with Crippen molar-refractivity contribution in [2.75, 3.05) is 0 Å². The van der Waals surface area contributed by atoms with Gasteiger partial charge >= 0.3 is 0 Å². The average molecular weight is 423 g/mol. The summed E-state index contributed by atoms with van der Waals surface area (Å²) in [5.74, 6) is -0.429. The van der Waals surface area contributed by atoms with Gasteiger partial charge in [0.05, 0.1) is 26.9 Å². The van der Waals surface area contributed by atoms with Crippen LogP contribution in [0.1, 0.15) is 5.56 Å². The van der Waals surface area contributed by atoms with Crippen LogP contribution in [0.4, 0.5) is 4.39 Å². The maximum Gasteiger partial charge on any atom is 0.208 e. The molecule has 0 saturated carbocycles. The first kappa shape index (κ1) is 19.1. The van der Waals surface area contributed by atoms with Crippen LogP contribution >= 0.6 is 11.6 Å². The Morgan fingerprint density at radius 1 is 1.00 bits per heavy atom. The van der Waals surface area contributed by atoms with E-state index in [0.717, 1.165) is 0 Å². The van der Waals surface area contributed by atoms with Crippen molar-refractivity contribution in [1.29, 1.82) is 5.26 Å². The molecule has 1 heterocycles. The van der Waals surface area contributed by atoms with Crippen LogP contribution in [0.2, 0.25) is 5.02 Å². The normalized spacial score (nSPS) is 11.3. The molecule has 0 aliphatic carbocycles. The molecule has 0 fully saturated rings. The molecule has 29 heavy (non-hydrogen) atoms. The second-order valence-electron chi connectivity index (χ2n) is 6.31. The number of pyridine rings is 1. The first-order valence-electron chi connectivity index (χ1n) is 8.49. The third-order valence-electron chi connectivity index (χ3n) is 4.49. The van der Waals surface area contributed by atoms with E-state index < -0.39 is 15.7 Å². The molecule has 0 radical (unpaired) electrons. The van der Waals surface area contributed by atoms with Crippen molar-refractivity contribution in [3.63, 3.8) is 0 Å². The van der Waals surface area contributed by atoms with Gasteiger partial charge in [0.2, 0.25) is 9.84 Å². The zero-order valence-electron chi connectivity index (χ0n) is 14.8. The summed E-state index contributed by atoms with van der Waals surface area (Å²) in [5.41, 5.74) is 1.67. The quantitative estimate of drug-likeness (QED) is 0.443. The Kier molecular flexibility index (Phi) is 4.79. The summed E-state index contributed by atoms with van der Waals surface area (Å²) >= 11 is 6.06. The molecule has 0 aliphatic heterocycles. The molecule has 0 atom stereocenters. The molecule has 142 valence electrons. The van der Waals surface area contributed by atoms with Gasteiger partial charge in [-0.25, -0.2) is 12.8 Å². The highest BCUT2D eigenvalue weighted by atomic mass is 35.5. The minimum absolute atomic E-state index is 0.0185. The van der Waals surface area contributed by atoms with Crippen molar-refractivity contribution < 1.29 is 12.8 Å². The summed E-state index contributed by atoms with van der Waals surface area (Å²) in [7, 11) is -4.00. The van der Waals surface area contributed by atoms with Gasteiger partial charge in [0, 0.05) is 22.2 Å². The molecule has 0 N–H and O–H groups in total. The van der Waals surface area contributed by atoms with Crippen LogP contribution in [-0.4, -0.2) is 13.4 Å². The number of nitriles is 1. The molecule has 0 unspecified atom stereocenters. The summed E-state index contributed by atoms with van der Waals surface area (Å²) < 4.78 is 40.3. The maximum absolute atomic E-state index is 13.5. The largest absolute Gasteiger partial charge is 0.255 e. The minimum atomic E-state index is -4.00. The second-order valence-corrected chi connectivity index (χ2v) is 8.66. The third-order valence-corrected chi connectivity index (χ3v) is 6.49. The van der Waals surface area contributed by atoms with Gasteiger partial charge in [-0.1, -0.05) is 35.9 Å². The van der Waals surface area contributed by atoms with Crippen LogP contribution < -0.4 is 0 Å². The fourth-order valence-electron chi connectivity index (χ4n) is 3.13. The third kappa shape index (κ3) is 3.46. The summed E-state index contributed by atoms with van der Waals surface area (Å²) in [6, 6.07) is 18.3. The second kappa shape index (κ2) is 7.28. The predicted octanol–water partition coefficient (Wildman–Crippen LogP) is 5.40. The number of hydrogen-bond acceptors (Lipinski definition) is 4. The fraction of sp³-hybridized carbons (Fsp3) is 0. The van der Waals surface area contributed by atoms with Gasteiger partial charge in [0.15, 0.2) is 0 Å². The van der Waals surface area contributed by atoms with E-state index in [4.69, 9.17) is 16.9 Å². The van der Waals surface area contributed by atoms with E-state index >= 15 is 0 Å². The van der Waals surface area contributed by atoms with Gasteiger partial charge in [0.25, 0.3) is 0 Å². The molecule has 3 aromatic carbocycles. The number of rotatable bonds is 3. The summed E-state index contributed by atoms with van der Waals surface area (Å²) in [4.78, 5) is 4.23. The van der Waals surface area contributed by atoms with Crippen molar-refractivity contribution in [3.05, 3.63) is 89.3 Å². The lowest BCUT2D eigenvalue weighted by Crippen LogP contribution is -2.06. The number of benzene rings is 3. The number of sulfone groups is 1. The van der Waals surface area contributed by atoms with Crippen molar-refractivity contribution in [3.8, 4) is 17.2 Å². The number of nitrogens with zero attached hydrogens (tertiary/aromatic N) is 2. The van der Waals surface area contributed by atoms with E-state index in [1.165, 1.54) is 54.7 Å². The lowest BCUT2D eigenvalue weighted by molar-refractivity contribution is 0.596. The van der Waals surface area contributed by atoms with Crippen molar-refractivity contribution >= 4 is 32.3 Å². The standard InChI is InChI=1S/C22H12ClFN2O2S/c23-16-6-9-19-20(11-16)26-13-21(22(19)15-4-7-17(24)8-5-15)29(27,28)18-3-1-2-14(10-18)12-25/h1-11,13H.